The quantitative estimate of drug-likeness (QED) is 0.420. The molecule has 1 saturated heterocycles. The van der Waals surface area contributed by atoms with Gasteiger partial charge in [-0.1, -0.05) is 12.1 Å². The van der Waals surface area contributed by atoms with Crippen LogP contribution in [0.25, 0.3) is 0 Å². The fraction of sp³-hybridized carbons (Fsp3) is 0.370. The van der Waals surface area contributed by atoms with E-state index in [1.165, 1.54) is 11.1 Å². The molecule has 6 nitrogen and oxygen atoms in total. The van der Waals surface area contributed by atoms with E-state index in [-0.39, 0.29) is 12.1 Å². The van der Waals surface area contributed by atoms with E-state index in [9.17, 15) is 4.79 Å². The molecule has 0 aliphatic carbocycles. The minimum atomic E-state index is -0.0270. The number of aryl methyl sites for hydroxylation is 2. The molecule has 0 spiro atoms. The first-order valence-corrected chi connectivity index (χ1v) is 14.7. The Kier molecular flexibility index (Phi) is 7.31. The van der Waals surface area contributed by atoms with Gasteiger partial charge in [0.2, 0.25) is 0 Å². The zero-order valence-electron chi connectivity index (χ0n) is 20.2. The summed E-state index contributed by atoms with van der Waals surface area (Å²) in [5, 5.41) is 10.7. The molecular weight excluding hydrogens is 514 g/mol. The molecule has 1 aromatic heterocycles. The third-order valence-electron chi connectivity index (χ3n) is 6.87. The number of hydrogen-bond donors (Lipinski definition) is 1. The summed E-state index contributed by atoms with van der Waals surface area (Å²) in [7, 11) is 0. The van der Waals surface area contributed by atoms with Crippen LogP contribution in [0.3, 0.4) is 0 Å². The Hall–Kier alpha value is -2.55. The molecule has 3 aromatic rings. The minimum absolute atomic E-state index is 0.0194. The van der Waals surface area contributed by atoms with Gasteiger partial charge in [0, 0.05) is 5.69 Å². The van der Waals surface area contributed by atoms with Crippen LogP contribution >= 0.6 is 11.3 Å². The molecule has 0 bridgehead atoms. The molecule has 2 aliphatic heterocycles. The van der Waals surface area contributed by atoms with Gasteiger partial charge in [-0.15, -0.1) is 0 Å². The number of likely N-dealkylation sites (tertiary alicyclic amines) is 1. The van der Waals surface area contributed by atoms with Crippen LogP contribution in [0.1, 0.15) is 64.2 Å². The van der Waals surface area contributed by atoms with Crippen molar-refractivity contribution in [2.45, 2.75) is 50.1 Å². The van der Waals surface area contributed by atoms with Gasteiger partial charge in [-0.05, 0) is 31.0 Å². The third-order valence-corrected chi connectivity index (χ3v) is 8.80. The monoisotopic (exact) mass is 542 g/mol. The van der Waals surface area contributed by atoms with Gasteiger partial charge in [0.25, 0.3) is 0 Å². The number of benzene rings is 2. The van der Waals surface area contributed by atoms with Crippen molar-refractivity contribution in [3.8, 4) is 0 Å². The number of anilines is 1. The van der Waals surface area contributed by atoms with Crippen LogP contribution in [0, 0.1) is 13.8 Å². The van der Waals surface area contributed by atoms with Crippen molar-refractivity contribution in [1.29, 1.82) is 0 Å². The Morgan fingerprint density at radius 2 is 2.00 bits per heavy atom. The average molecular weight is 543 g/mol. The Bertz CT molecular complexity index is 1250. The van der Waals surface area contributed by atoms with Crippen molar-refractivity contribution < 1.29 is 9.63 Å². The summed E-state index contributed by atoms with van der Waals surface area (Å²) in [4.78, 5) is 26.5. The number of carbonyl (C=O) groups is 1. The molecule has 1 atom stereocenters. The van der Waals surface area contributed by atoms with Gasteiger partial charge in [-0.3, -0.25) is 0 Å². The molecule has 5 rings (SSSR count). The number of piperidine rings is 1. The Morgan fingerprint density at radius 1 is 1.20 bits per heavy atom. The topological polar surface area (TPSA) is 66.8 Å². The van der Waals surface area contributed by atoms with Gasteiger partial charge in [0.1, 0.15) is 0 Å². The summed E-state index contributed by atoms with van der Waals surface area (Å²) < 4.78 is 0. The van der Waals surface area contributed by atoms with Gasteiger partial charge in [-0.2, -0.15) is 0 Å². The number of oxime groups is 1. The van der Waals surface area contributed by atoms with Crippen molar-refractivity contribution in [3.63, 3.8) is 0 Å². The van der Waals surface area contributed by atoms with E-state index in [0.29, 0.717) is 5.92 Å². The van der Waals surface area contributed by atoms with E-state index >= 15 is 0 Å². The van der Waals surface area contributed by atoms with Gasteiger partial charge in [0.15, 0.2) is 0 Å². The molecule has 2 radical (unpaired) electrons. The van der Waals surface area contributed by atoms with E-state index in [0.717, 1.165) is 70.6 Å². The zero-order valence-corrected chi connectivity index (χ0v) is 23.4. The fourth-order valence-corrected chi connectivity index (χ4v) is 6.51. The first-order valence-electron chi connectivity index (χ1n) is 12.1. The second-order valence-electron chi connectivity index (χ2n) is 9.32. The van der Waals surface area contributed by atoms with Crippen LogP contribution in [-0.2, 0) is 9.81 Å². The van der Waals surface area contributed by atoms with Gasteiger partial charge in [-0.25, -0.2) is 4.79 Å². The van der Waals surface area contributed by atoms with Crippen molar-refractivity contribution >= 4 is 47.4 Å². The summed E-state index contributed by atoms with van der Waals surface area (Å²) in [5.74, 6) is 0.375. The number of thiazole rings is 1. The third kappa shape index (κ3) is 5.34. The molecule has 2 aliphatic rings. The molecule has 2 amide bonds. The number of aromatic nitrogens is 1. The standard InChI is InChI=1S/C27H29N4O2S.Ga/c1-17-8-9-19(3)22(14-17)29-27(32)31-12-10-20(11-13-31)26-28-24(16-34-26)23-15-25(33-30-23)21-7-5-4-6-18(21)2;/h4-9,14,16,20,25H,2,10-13,15H2,1,3H3,(H,29,32);. The van der Waals surface area contributed by atoms with Crippen LogP contribution in [0.4, 0.5) is 10.5 Å². The first kappa shape index (κ1) is 24.2. The van der Waals surface area contributed by atoms with Crippen molar-refractivity contribution in [2.75, 3.05) is 18.4 Å². The van der Waals surface area contributed by atoms with Crippen LogP contribution in [0.2, 0.25) is 0 Å². The number of nitrogens with zero attached hydrogens (tertiary/aromatic N) is 3. The van der Waals surface area contributed by atoms with Crippen LogP contribution < -0.4 is 5.32 Å². The predicted molar refractivity (Wildman–Crippen MR) is 141 cm³/mol. The maximum absolute atomic E-state index is 12.8. The van der Waals surface area contributed by atoms with Crippen LogP contribution in [-0.4, -0.2) is 53.3 Å². The Labute approximate surface area is 220 Å². The van der Waals surface area contributed by atoms with E-state index in [1.54, 1.807) is 29.9 Å². The molecule has 1 fully saturated rings. The fourth-order valence-electron chi connectivity index (χ4n) is 4.73. The van der Waals surface area contributed by atoms with E-state index < -0.39 is 0 Å². The first-order chi connectivity index (χ1) is 17.0. The molecule has 1 N–H and O–H groups in total. The van der Waals surface area contributed by atoms with Crippen LogP contribution in [0.15, 0.2) is 53.0 Å². The summed E-state index contributed by atoms with van der Waals surface area (Å²) in [6.07, 6.45) is 2.57. The molecule has 0 saturated carbocycles. The normalized spacial score (nSPS) is 18.3. The molecule has 8 heteroatoms. The Morgan fingerprint density at radius 3 is 2.80 bits per heavy atom. The molecule has 35 heavy (non-hydrogen) atoms. The number of carbonyl (C=O) groups excluding carboxylic acids is 1. The number of rotatable bonds is 5. The van der Waals surface area contributed by atoms with Gasteiger partial charge in [0.05, 0.1) is 0 Å². The minimum Gasteiger partial charge on any atom is -0.0353 e. The van der Waals surface area contributed by atoms with E-state index in [4.69, 9.17) is 9.82 Å². The van der Waals surface area contributed by atoms with Crippen molar-refractivity contribution in [3.05, 3.63) is 80.8 Å². The number of amides is 2. The van der Waals surface area contributed by atoms with Gasteiger partial charge < -0.3 is 10.2 Å². The predicted octanol–water partition coefficient (Wildman–Crippen LogP) is 5.71. The van der Waals surface area contributed by atoms with Gasteiger partial charge >= 0.3 is 157 Å². The summed E-state index contributed by atoms with van der Waals surface area (Å²) in [5.41, 5.74) is 7.54. The maximum atomic E-state index is 12.8. The van der Waals surface area contributed by atoms with E-state index in [1.807, 2.05) is 30.9 Å². The second-order valence-corrected chi connectivity index (χ2v) is 11.1. The molecule has 2 aromatic carbocycles. The average Bonchev–Trinajstić information content (AvgIpc) is 3.56. The Balaban J connectivity index is 1.17. The summed E-state index contributed by atoms with van der Waals surface area (Å²) in [6, 6.07) is 14.6. The molecule has 3 heterocycles. The van der Waals surface area contributed by atoms with Crippen LogP contribution in [0.5, 0.6) is 0 Å². The smallest absolute Gasteiger partial charge is 0.0353 e. The summed E-state index contributed by atoms with van der Waals surface area (Å²) in [6.45, 7) is 5.53. The van der Waals surface area contributed by atoms with E-state index in [2.05, 4.69) is 46.2 Å². The SMILES string of the molecule is Cc1ccc(C)c(NC(=O)N2CCC(c3nc(C4=NOC(c5ccccc5[CH2][Ga])C4)cs3)CC2)c1. The zero-order chi connectivity index (χ0) is 24.4. The molecule has 1 unspecified atom stereocenters. The summed E-state index contributed by atoms with van der Waals surface area (Å²) >= 11 is 3.40. The molecule has 178 valence electrons. The number of nitrogens with one attached hydrogen (secondary N) is 1. The van der Waals surface area contributed by atoms with Crippen molar-refractivity contribution in [1.82, 2.24) is 9.88 Å². The second kappa shape index (κ2) is 10.6. The number of hydrogen-bond acceptors (Lipinski definition) is 5. The number of urea groups is 1. The molecular formula is C27H29GaN4O2S. The van der Waals surface area contributed by atoms with Crippen molar-refractivity contribution in [2.24, 2.45) is 5.16 Å².